The van der Waals surface area contributed by atoms with Gasteiger partial charge in [0.1, 0.15) is 5.75 Å². The van der Waals surface area contributed by atoms with Gasteiger partial charge in [-0.2, -0.15) is 0 Å². The standard InChI is InChI=1S/C18H25N3O3/c1-18(2,3)11-20-17(23)19-8-7-13-9-12-5-6-14(24-4)10-15(12)21-16(13)22/h5-6,9-10H,7-8,11H2,1-4H3,(H,21,22)(H2,19,20,23). The van der Waals surface area contributed by atoms with E-state index in [4.69, 9.17) is 4.74 Å². The lowest BCUT2D eigenvalue weighted by Crippen LogP contribution is -2.40. The van der Waals surface area contributed by atoms with Gasteiger partial charge in [-0.3, -0.25) is 4.79 Å². The Kier molecular flexibility index (Phi) is 5.49. The SMILES string of the molecule is COc1ccc2cc(CCNC(=O)NCC(C)(C)C)c(=O)[nH]c2c1. The number of carbonyl (C=O) groups excluding carboxylic acids is 1. The molecule has 0 saturated heterocycles. The van der Waals surface area contributed by atoms with Gasteiger partial charge in [0.15, 0.2) is 0 Å². The number of nitrogens with one attached hydrogen (secondary N) is 3. The van der Waals surface area contributed by atoms with Crippen molar-refractivity contribution in [2.24, 2.45) is 5.41 Å². The lowest BCUT2D eigenvalue weighted by Gasteiger charge is -2.18. The van der Waals surface area contributed by atoms with E-state index in [0.29, 0.717) is 30.8 Å². The number of aromatic amines is 1. The molecule has 0 radical (unpaired) electrons. The molecule has 24 heavy (non-hydrogen) atoms. The van der Waals surface area contributed by atoms with Crippen LogP contribution in [0.25, 0.3) is 10.9 Å². The molecule has 6 heteroatoms. The Balaban J connectivity index is 1.96. The second-order valence-electron chi connectivity index (χ2n) is 7.00. The van der Waals surface area contributed by atoms with Crippen molar-refractivity contribution in [3.05, 3.63) is 40.2 Å². The van der Waals surface area contributed by atoms with Crippen LogP contribution in [0.1, 0.15) is 26.3 Å². The summed E-state index contributed by atoms with van der Waals surface area (Å²) < 4.78 is 5.15. The van der Waals surface area contributed by atoms with Gasteiger partial charge in [0.05, 0.1) is 12.6 Å². The Morgan fingerprint density at radius 2 is 1.96 bits per heavy atom. The molecule has 130 valence electrons. The zero-order valence-electron chi connectivity index (χ0n) is 14.7. The Morgan fingerprint density at radius 1 is 1.21 bits per heavy atom. The van der Waals surface area contributed by atoms with Crippen LogP contribution in [0.2, 0.25) is 0 Å². The summed E-state index contributed by atoms with van der Waals surface area (Å²) in [6.07, 6.45) is 0.472. The van der Waals surface area contributed by atoms with Crippen LogP contribution in [-0.2, 0) is 6.42 Å². The highest BCUT2D eigenvalue weighted by Gasteiger charge is 2.11. The van der Waals surface area contributed by atoms with Gasteiger partial charge in [-0.25, -0.2) is 4.79 Å². The zero-order chi connectivity index (χ0) is 17.7. The fourth-order valence-corrected chi connectivity index (χ4v) is 2.26. The van der Waals surface area contributed by atoms with Crippen LogP contribution in [-0.4, -0.2) is 31.2 Å². The van der Waals surface area contributed by atoms with Crippen LogP contribution in [0, 0.1) is 5.41 Å². The number of ether oxygens (including phenoxy) is 1. The number of benzene rings is 1. The third-order valence-electron chi connectivity index (χ3n) is 3.59. The number of hydrogen-bond acceptors (Lipinski definition) is 3. The van der Waals surface area contributed by atoms with E-state index in [0.717, 1.165) is 10.9 Å². The molecular formula is C18H25N3O3. The van der Waals surface area contributed by atoms with Crippen LogP contribution in [0.15, 0.2) is 29.1 Å². The van der Waals surface area contributed by atoms with E-state index in [9.17, 15) is 9.59 Å². The summed E-state index contributed by atoms with van der Waals surface area (Å²) in [5.74, 6) is 0.697. The van der Waals surface area contributed by atoms with E-state index in [1.807, 2.05) is 18.2 Å². The van der Waals surface area contributed by atoms with Crippen molar-refractivity contribution in [1.29, 1.82) is 0 Å². The van der Waals surface area contributed by atoms with E-state index in [1.54, 1.807) is 13.2 Å². The Hall–Kier alpha value is -2.50. The largest absolute Gasteiger partial charge is 0.497 e. The molecule has 1 aromatic heterocycles. The van der Waals surface area contributed by atoms with Crippen molar-refractivity contribution in [1.82, 2.24) is 15.6 Å². The maximum Gasteiger partial charge on any atom is 0.314 e. The van der Waals surface area contributed by atoms with Gasteiger partial charge in [-0.05, 0) is 35.4 Å². The highest BCUT2D eigenvalue weighted by molar-refractivity contribution is 5.80. The molecule has 0 bridgehead atoms. The first-order valence-electron chi connectivity index (χ1n) is 8.00. The second kappa shape index (κ2) is 7.38. The quantitative estimate of drug-likeness (QED) is 0.787. The number of H-pyrrole nitrogens is 1. The molecule has 3 N–H and O–H groups in total. The van der Waals surface area contributed by atoms with Gasteiger partial charge >= 0.3 is 6.03 Å². The fraction of sp³-hybridized carbons (Fsp3) is 0.444. The number of hydrogen-bond donors (Lipinski definition) is 3. The average Bonchev–Trinajstić information content (AvgIpc) is 2.52. The highest BCUT2D eigenvalue weighted by Crippen LogP contribution is 2.18. The summed E-state index contributed by atoms with van der Waals surface area (Å²) in [6.45, 7) is 7.16. The van der Waals surface area contributed by atoms with E-state index in [2.05, 4.69) is 36.4 Å². The molecule has 0 aliphatic heterocycles. The van der Waals surface area contributed by atoms with Gasteiger partial charge in [-0.1, -0.05) is 20.8 Å². The summed E-state index contributed by atoms with van der Waals surface area (Å²) in [5, 5.41) is 6.52. The Morgan fingerprint density at radius 3 is 2.62 bits per heavy atom. The molecule has 0 fully saturated rings. The summed E-state index contributed by atoms with van der Waals surface area (Å²) in [4.78, 5) is 26.7. The molecule has 0 aliphatic carbocycles. The number of amides is 2. The molecule has 1 aromatic carbocycles. The summed E-state index contributed by atoms with van der Waals surface area (Å²) in [5.41, 5.74) is 1.27. The average molecular weight is 331 g/mol. The van der Waals surface area contributed by atoms with Crippen molar-refractivity contribution in [2.45, 2.75) is 27.2 Å². The molecule has 6 nitrogen and oxygen atoms in total. The van der Waals surface area contributed by atoms with Crippen LogP contribution >= 0.6 is 0 Å². The summed E-state index contributed by atoms with van der Waals surface area (Å²) in [6, 6.07) is 7.17. The Bertz CT molecular complexity index is 775. The third-order valence-corrected chi connectivity index (χ3v) is 3.59. The van der Waals surface area contributed by atoms with Crippen molar-refractivity contribution in [2.75, 3.05) is 20.2 Å². The lowest BCUT2D eigenvalue weighted by atomic mass is 9.97. The van der Waals surface area contributed by atoms with Crippen molar-refractivity contribution >= 4 is 16.9 Å². The first-order chi connectivity index (χ1) is 11.3. The number of urea groups is 1. The molecule has 0 unspecified atom stereocenters. The molecule has 2 rings (SSSR count). The minimum Gasteiger partial charge on any atom is -0.497 e. The molecule has 0 atom stereocenters. The molecule has 2 amide bonds. The van der Waals surface area contributed by atoms with Gasteiger partial charge in [0.2, 0.25) is 0 Å². The van der Waals surface area contributed by atoms with Crippen LogP contribution in [0.4, 0.5) is 4.79 Å². The minimum absolute atomic E-state index is 0.0356. The number of methoxy groups -OCH3 is 1. The third kappa shape index (κ3) is 5.01. The van der Waals surface area contributed by atoms with Crippen LogP contribution in [0.3, 0.4) is 0 Å². The van der Waals surface area contributed by atoms with Gasteiger partial charge in [0.25, 0.3) is 5.56 Å². The lowest BCUT2D eigenvalue weighted by molar-refractivity contribution is 0.235. The van der Waals surface area contributed by atoms with Gasteiger partial charge in [-0.15, -0.1) is 0 Å². The molecule has 0 aliphatic rings. The van der Waals surface area contributed by atoms with E-state index in [1.165, 1.54) is 0 Å². The van der Waals surface area contributed by atoms with E-state index >= 15 is 0 Å². The molecule has 0 saturated carbocycles. The number of rotatable bonds is 5. The van der Waals surface area contributed by atoms with Gasteiger partial charge < -0.3 is 20.4 Å². The maximum atomic E-state index is 12.1. The molecule has 0 spiro atoms. The minimum atomic E-state index is -0.216. The summed E-state index contributed by atoms with van der Waals surface area (Å²) in [7, 11) is 1.59. The number of aromatic nitrogens is 1. The van der Waals surface area contributed by atoms with Crippen molar-refractivity contribution in [3.63, 3.8) is 0 Å². The normalized spacial score (nSPS) is 11.3. The molecular weight excluding hydrogens is 306 g/mol. The first-order valence-corrected chi connectivity index (χ1v) is 8.00. The predicted octanol–water partition coefficient (Wildman–Crippen LogP) is 2.42. The Labute approximate surface area is 141 Å². The van der Waals surface area contributed by atoms with Crippen molar-refractivity contribution < 1.29 is 9.53 Å². The van der Waals surface area contributed by atoms with Crippen molar-refractivity contribution in [3.8, 4) is 5.75 Å². The highest BCUT2D eigenvalue weighted by atomic mass is 16.5. The summed E-state index contributed by atoms with van der Waals surface area (Å²) >= 11 is 0. The van der Waals surface area contributed by atoms with E-state index < -0.39 is 0 Å². The van der Waals surface area contributed by atoms with Gasteiger partial charge in [0, 0.05) is 24.7 Å². The number of pyridine rings is 1. The fourth-order valence-electron chi connectivity index (χ4n) is 2.26. The maximum absolute atomic E-state index is 12.1. The molecule has 2 aromatic rings. The number of carbonyl (C=O) groups is 1. The first kappa shape index (κ1) is 17.8. The topological polar surface area (TPSA) is 83.2 Å². The monoisotopic (exact) mass is 331 g/mol. The zero-order valence-corrected chi connectivity index (χ0v) is 14.7. The second-order valence-corrected chi connectivity index (χ2v) is 7.00. The smallest absolute Gasteiger partial charge is 0.314 e. The number of fused-ring (bicyclic) bond motifs is 1. The molecule has 1 heterocycles. The van der Waals surface area contributed by atoms with E-state index in [-0.39, 0.29) is 17.0 Å². The van der Waals surface area contributed by atoms with Crippen LogP contribution in [0.5, 0.6) is 5.75 Å². The predicted molar refractivity (Wildman–Crippen MR) is 95.7 cm³/mol. The van der Waals surface area contributed by atoms with Crippen LogP contribution < -0.4 is 20.9 Å².